The molecule has 18 heavy (non-hydrogen) atoms. The first kappa shape index (κ1) is 11.0. The molecule has 0 radical (unpaired) electrons. The van der Waals surface area contributed by atoms with Gasteiger partial charge in [0.15, 0.2) is 0 Å². The Hall–Kier alpha value is -2.11. The average molecular weight is 244 g/mol. The van der Waals surface area contributed by atoms with E-state index in [9.17, 15) is 0 Å². The van der Waals surface area contributed by atoms with Crippen molar-refractivity contribution in [2.24, 2.45) is 0 Å². The Kier molecular flexibility index (Phi) is 2.84. The largest absolute Gasteiger partial charge is 0.384 e. The van der Waals surface area contributed by atoms with E-state index in [1.165, 1.54) is 12.8 Å². The molecule has 3 N–H and O–H groups in total. The maximum Gasteiger partial charge on any atom is 0.136 e. The van der Waals surface area contributed by atoms with Gasteiger partial charge in [-0.2, -0.15) is 5.10 Å². The molecule has 0 atom stereocenters. The van der Waals surface area contributed by atoms with E-state index >= 15 is 0 Å². The second-order valence-electron chi connectivity index (χ2n) is 4.51. The Labute approximate surface area is 105 Å². The minimum absolute atomic E-state index is 0.514. The van der Waals surface area contributed by atoms with Crippen molar-refractivity contribution in [3.63, 3.8) is 0 Å². The maximum atomic E-state index is 5.78. The minimum atomic E-state index is 0.514. The zero-order chi connectivity index (χ0) is 12.4. The lowest BCUT2D eigenvalue weighted by Gasteiger charge is -2.08. The van der Waals surface area contributed by atoms with Gasteiger partial charge in [-0.3, -0.25) is 4.68 Å². The molecule has 1 aliphatic carbocycles. The maximum absolute atomic E-state index is 5.78. The Morgan fingerprint density at radius 3 is 3.00 bits per heavy atom. The molecule has 1 aliphatic rings. The highest BCUT2D eigenvalue weighted by Gasteiger charge is 2.27. The number of rotatable bonds is 5. The topological polar surface area (TPSA) is 81.6 Å². The SMILES string of the molecule is Nc1cc(NCCn2cccn2)nc(C2CC2)n1. The molecule has 0 spiro atoms. The van der Waals surface area contributed by atoms with E-state index in [1.807, 2.05) is 16.9 Å². The lowest BCUT2D eigenvalue weighted by Crippen LogP contribution is -2.13. The molecule has 1 fully saturated rings. The number of hydrogen-bond acceptors (Lipinski definition) is 5. The summed E-state index contributed by atoms with van der Waals surface area (Å²) in [7, 11) is 0. The van der Waals surface area contributed by atoms with Crippen molar-refractivity contribution in [2.45, 2.75) is 25.3 Å². The van der Waals surface area contributed by atoms with Gasteiger partial charge in [0.05, 0.1) is 6.54 Å². The Morgan fingerprint density at radius 2 is 2.28 bits per heavy atom. The molecule has 2 heterocycles. The van der Waals surface area contributed by atoms with Crippen LogP contribution in [0.1, 0.15) is 24.6 Å². The van der Waals surface area contributed by atoms with Gasteiger partial charge in [0.2, 0.25) is 0 Å². The number of nitrogens with one attached hydrogen (secondary N) is 1. The van der Waals surface area contributed by atoms with Crippen LogP contribution in [0.3, 0.4) is 0 Å². The number of aromatic nitrogens is 4. The number of anilines is 2. The van der Waals surface area contributed by atoms with Crippen molar-refractivity contribution in [3.8, 4) is 0 Å². The monoisotopic (exact) mass is 244 g/mol. The third-order valence-electron chi connectivity index (χ3n) is 2.91. The summed E-state index contributed by atoms with van der Waals surface area (Å²) in [4.78, 5) is 8.75. The summed E-state index contributed by atoms with van der Waals surface area (Å²) in [6.45, 7) is 1.57. The van der Waals surface area contributed by atoms with E-state index in [0.717, 1.165) is 24.7 Å². The molecule has 94 valence electrons. The van der Waals surface area contributed by atoms with Gasteiger partial charge in [0, 0.05) is 30.9 Å². The number of hydrogen-bond donors (Lipinski definition) is 2. The van der Waals surface area contributed by atoms with Crippen molar-refractivity contribution in [1.29, 1.82) is 0 Å². The van der Waals surface area contributed by atoms with E-state index in [1.54, 1.807) is 12.3 Å². The number of nitrogens with two attached hydrogens (primary N) is 1. The minimum Gasteiger partial charge on any atom is -0.384 e. The standard InChI is InChI=1S/C12H16N6/c13-10-8-11(17-12(16-10)9-2-3-9)14-5-7-18-6-1-4-15-18/h1,4,6,8-9H,2-3,5,7H2,(H3,13,14,16,17). The summed E-state index contributed by atoms with van der Waals surface area (Å²) in [5, 5.41) is 7.39. The summed E-state index contributed by atoms with van der Waals surface area (Å²) >= 11 is 0. The molecule has 6 heteroatoms. The van der Waals surface area contributed by atoms with Crippen LogP contribution in [0.15, 0.2) is 24.5 Å². The fraction of sp³-hybridized carbons (Fsp3) is 0.417. The quantitative estimate of drug-likeness (QED) is 0.827. The van der Waals surface area contributed by atoms with Gasteiger partial charge in [0.25, 0.3) is 0 Å². The van der Waals surface area contributed by atoms with Gasteiger partial charge in [-0.15, -0.1) is 0 Å². The molecule has 2 aromatic rings. The molecule has 0 aliphatic heterocycles. The van der Waals surface area contributed by atoms with E-state index in [2.05, 4.69) is 20.4 Å². The fourth-order valence-corrected chi connectivity index (χ4v) is 1.83. The van der Waals surface area contributed by atoms with Gasteiger partial charge in [-0.25, -0.2) is 9.97 Å². The Morgan fingerprint density at radius 1 is 1.39 bits per heavy atom. The van der Waals surface area contributed by atoms with Crippen molar-refractivity contribution < 1.29 is 0 Å². The molecule has 0 bridgehead atoms. The first-order valence-corrected chi connectivity index (χ1v) is 6.17. The van der Waals surface area contributed by atoms with Crippen LogP contribution in [0.25, 0.3) is 0 Å². The molecule has 0 aromatic carbocycles. The molecule has 2 aromatic heterocycles. The highest BCUT2D eigenvalue weighted by atomic mass is 15.3. The smallest absolute Gasteiger partial charge is 0.136 e. The first-order valence-electron chi connectivity index (χ1n) is 6.17. The molecule has 1 saturated carbocycles. The van der Waals surface area contributed by atoms with Crippen LogP contribution in [0.2, 0.25) is 0 Å². The van der Waals surface area contributed by atoms with Crippen molar-refractivity contribution in [1.82, 2.24) is 19.7 Å². The molecular formula is C12H16N6. The third-order valence-corrected chi connectivity index (χ3v) is 2.91. The van der Waals surface area contributed by atoms with Crippen LogP contribution in [-0.2, 0) is 6.54 Å². The molecule has 0 unspecified atom stereocenters. The van der Waals surface area contributed by atoms with Gasteiger partial charge >= 0.3 is 0 Å². The molecule has 6 nitrogen and oxygen atoms in total. The zero-order valence-electron chi connectivity index (χ0n) is 10.1. The lowest BCUT2D eigenvalue weighted by molar-refractivity contribution is 0.637. The van der Waals surface area contributed by atoms with Gasteiger partial charge in [0.1, 0.15) is 17.5 Å². The molecule has 0 amide bonds. The summed E-state index contributed by atoms with van der Waals surface area (Å²) in [5.74, 6) is 2.72. The zero-order valence-corrected chi connectivity index (χ0v) is 10.1. The van der Waals surface area contributed by atoms with E-state index in [4.69, 9.17) is 5.73 Å². The predicted molar refractivity (Wildman–Crippen MR) is 69.1 cm³/mol. The van der Waals surface area contributed by atoms with E-state index < -0.39 is 0 Å². The fourth-order valence-electron chi connectivity index (χ4n) is 1.83. The number of nitrogen functional groups attached to an aromatic ring is 1. The Balaban J connectivity index is 1.61. The highest BCUT2D eigenvalue weighted by molar-refractivity contribution is 5.45. The lowest BCUT2D eigenvalue weighted by atomic mass is 10.4. The summed E-state index contributed by atoms with van der Waals surface area (Å²) in [6.07, 6.45) is 6.06. The third kappa shape index (κ3) is 2.58. The number of nitrogens with zero attached hydrogens (tertiary/aromatic N) is 4. The summed E-state index contributed by atoms with van der Waals surface area (Å²) in [6, 6.07) is 3.68. The average Bonchev–Trinajstić information content (AvgIpc) is 3.08. The van der Waals surface area contributed by atoms with Gasteiger partial charge in [-0.1, -0.05) is 0 Å². The van der Waals surface area contributed by atoms with E-state index in [0.29, 0.717) is 11.7 Å². The first-order chi connectivity index (χ1) is 8.81. The second kappa shape index (κ2) is 4.64. The van der Waals surface area contributed by atoms with Gasteiger partial charge < -0.3 is 11.1 Å². The van der Waals surface area contributed by atoms with E-state index in [-0.39, 0.29) is 0 Å². The Bertz CT molecular complexity index is 517. The normalized spacial score (nSPS) is 14.7. The van der Waals surface area contributed by atoms with Crippen LogP contribution in [0.5, 0.6) is 0 Å². The van der Waals surface area contributed by atoms with Crippen molar-refractivity contribution >= 4 is 11.6 Å². The predicted octanol–water partition coefficient (Wildman–Crippen LogP) is 1.24. The van der Waals surface area contributed by atoms with Crippen molar-refractivity contribution in [3.05, 3.63) is 30.4 Å². The van der Waals surface area contributed by atoms with Crippen LogP contribution < -0.4 is 11.1 Å². The molecule has 0 saturated heterocycles. The van der Waals surface area contributed by atoms with Gasteiger partial charge in [-0.05, 0) is 18.9 Å². The summed E-state index contributed by atoms with van der Waals surface area (Å²) < 4.78 is 1.87. The van der Waals surface area contributed by atoms with Crippen LogP contribution in [0, 0.1) is 0 Å². The molecular weight excluding hydrogens is 228 g/mol. The molecule has 3 rings (SSSR count). The second-order valence-corrected chi connectivity index (χ2v) is 4.51. The van der Waals surface area contributed by atoms with Crippen LogP contribution in [0.4, 0.5) is 11.6 Å². The summed E-state index contributed by atoms with van der Waals surface area (Å²) in [5.41, 5.74) is 5.78. The van der Waals surface area contributed by atoms with Crippen LogP contribution in [-0.4, -0.2) is 26.3 Å². The van der Waals surface area contributed by atoms with Crippen molar-refractivity contribution in [2.75, 3.05) is 17.6 Å². The highest BCUT2D eigenvalue weighted by Crippen LogP contribution is 2.38. The van der Waals surface area contributed by atoms with Crippen LogP contribution >= 0.6 is 0 Å².